The number of pyridine rings is 1. The zero-order valence-electron chi connectivity index (χ0n) is 21.9. The number of aromatic nitrogens is 2. The first-order valence-electron chi connectivity index (χ1n) is 11.9. The number of phenolic OH excluding ortho intramolecular Hbond substituents is 1. The molecule has 11 heteroatoms. The maximum atomic E-state index is 13.6. The number of carbonyl (C=O) groups is 1. The van der Waals surface area contributed by atoms with Crippen LogP contribution in [0.2, 0.25) is 0 Å². The van der Waals surface area contributed by atoms with E-state index in [0.717, 1.165) is 6.07 Å². The molecule has 0 unspecified atom stereocenters. The molecule has 0 aliphatic rings. The minimum atomic E-state index is -4.61. The topological polar surface area (TPSA) is 76.8 Å². The molecule has 2 heterocycles. The normalized spacial score (nSPS) is 11.5. The number of alkyl halides is 3. The number of rotatable bonds is 8. The summed E-state index contributed by atoms with van der Waals surface area (Å²) in [4.78, 5) is 19.3. The number of ether oxygens (including phenoxy) is 2. The van der Waals surface area contributed by atoms with E-state index in [1.165, 1.54) is 18.2 Å². The fourth-order valence-corrected chi connectivity index (χ4v) is 4.49. The number of carbonyl (C=O) groups excluding carboxylic acids is 1. The van der Waals surface area contributed by atoms with Crippen LogP contribution < -0.4 is 4.74 Å². The van der Waals surface area contributed by atoms with Gasteiger partial charge in [-0.3, -0.25) is 4.98 Å². The maximum Gasteiger partial charge on any atom is 0.419 e. The van der Waals surface area contributed by atoms with Crippen LogP contribution in [-0.2, 0) is 31.1 Å². The van der Waals surface area contributed by atoms with Crippen LogP contribution in [0.5, 0.6) is 11.5 Å². The Kier molecular flexibility index (Phi) is 9.14. The van der Waals surface area contributed by atoms with E-state index in [0.29, 0.717) is 33.3 Å². The molecule has 4 aromatic rings. The molecule has 0 saturated heterocycles. The summed E-state index contributed by atoms with van der Waals surface area (Å²) >= 11 is 0. The molecule has 2 aromatic carbocycles. The molecule has 0 aliphatic heterocycles. The van der Waals surface area contributed by atoms with Crippen molar-refractivity contribution in [3.8, 4) is 22.6 Å². The Balaban J connectivity index is 0.00000420. The molecule has 0 radical (unpaired) electrons. The summed E-state index contributed by atoms with van der Waals surface area (Å²) in [5.74, 6) is -1.04. The van der Waals surface area contributed by atoms with E-state index >= 15 is 0 Å². The number of benzene rings is 2. The van der Waals surface area contributed by atoms with Crippen LogP contribution in [-0.4, -0.2) is 46.2 Å². The van der Waals surface area contributed by atoms with Crippen LogP contribution in [0.15, 0.2) is 54.9 Å². The summed E-state index contributed by atoms with van der Waals surface area (Å²) in [5.41, 5.74) is 1.78. The molecule has 0 spiro atoms. The molecule has 0 aliphatic carbocycles. The number of halogens is 4. The molecule has 1 N–H and O–H groups in total. The molecule has 0 fully saturated rings. The second-order valence-corrected chi connectivity index (χ2v) is 9.01. The predicted molar refractivity (Wildman–Crippen MR) is 144 cm³/mol. The molecule has 0 bridgehead atoms. The Morgan fingerprint density at radius 3 is 2.49 bits per heavy atom. The molecule has 4 rings (SSSR count). The van der Waals surface area contributed by atoms with Crippen molar-refractivity contribution in [2.24, 2.45) is 7.05 Å². The minimum absolute atomic E-state index is 0. The summed E-state index contributed by atoms with van der Waals surface area (Å²) in [5, 5.41) is 11.8. The molecule has 7 nitrogen and oxygen atoms in total. The SMILES string of the molecule is CCOC(=O)c1c(COc2ccccc2C(F)(F)F)n(C)c2cc(-c3cccnc3)c(O)c(CN(C)C)c12.Cl. The van der Waals surface area contributed by atoms with Gasteiger partial charge in [-0.15, -0.1) is 12.4 Å². The van der Waals surface area contributed by atoms with Gasteiger partial charge in [0.15, 0.2) is 0 Å². The first-order chi connectivity index (χ1) is 18.0. The molecule has 208 valence electrons. The highest BCUT2D eigenvalue weighted by Gasteiger charge is 2.34. The average molecular weight is 564 g/mol. The van der Waals surface area contributed by atoms with E-state index in [1.807, 2.05) is 19.0 Å². The fraction of sp³-hybridized carbons (Fsp3) is 0.286. The van der Waals surface area contributed by atoms with Gasteiger partial charge in [0.05, 0.1) is 28.9 Å². The van der Waals surface area contributed by atoms with Gasteiger partial charge in [0.1, 0.15) is 18.1 Å². The zero-order valence-corrected chi connectivity index (χ0v) is 22.7. The average Bonchev–Trinajstić information content (AvgIpc) is 3.15. The van der Waals surface area contributed by atoms with E-state index in [9.17, 15) is 23.1 Å². The van der Waals surface area contributed by atoms with E-state index in [-0.39, 0.29) is 49.2 Å². The fourth-order valence-electron chi connectivity index (χ4n) is 4.49. The van der Waals surface area contributed by atoms with E-state index in [4.69, 9.17) is 9.47 Å². The third-order valence-electron chi connectivity index (χ3n) is 6.17. The molecule has 39 heavy (non-hydrogen) atoms. The number of hydrogen-bond donors (Lipinski definition) is 1. The quantitative estimate of drug-likeness (QED) is 0.257. The molecule has 0 amide bonds. The largest absolute Gasteiger partial charge is 0.507 e. The number of nitrogens with zero attached hydrogens (tertiary/aromatic N) is 3. The van der Waals surface area contributed by atoms with Gasteiger partial charge < -0.3 is 24.0 Å². The van der Waals surface area contributed by atoms with Gasteiger partial charge in [-0.1, -0.05) is 18.2 Å². The van der Waals surface area contributed by atoms with Gasteiger partial charge >= 0.3 is 12.1 Å². The standard InChI is InChI=1S/C28H28F3N3O4.ClH/c1-5-37-27(36)25-22(16-38-23-11-7-6-10-20(23)28(29,30)31)34(4)21-13-18(17-9-8-12-32-14-17)26(35)19(24(21)25)15-33(2)3;/h6-14,35H,5,15-16H2,1-4H3;1H. The monoisotopic (exact) mass is 563 g/mol. The zero-order chi connectivity index (χ0) is 27.6. The van der Waals surface area contributed by atoms with Gasteiger partial charge in [0.2, 0.25) is 0 Å². The van der Waals surface area contributed by atoms with Gasteiger partial charge in [-0.2, -0.15) is 13.2 Å². The third-order valence-corrected chi connectivity index (χ3v) is 6.17. The van der Waals surface area contributed by atoms with Gasteiger partial charge in [0, 0.05) is 48.1 Å². The van der Waals surface area contributed by atoms with Crippen molar-refractivity contribution in [1.82, 2.24) is 14.5 Å². The summed E-state index contributed by atoms with van der Waals surface area (Å²) in [7, 11) is 5.35. The van der Waals surface area contributed by atoms with Crippen molar-refractivity contribution in [3.05, 3.63) is 77.2 Å². The van der Waals surface area contributed by atoms with Crippen LogP contribution in [0.1, 0.15) is 34.1 Å². The Morgan fingerprint density at radius 1 is 1.15 bits per heavy atom. The van der Waals surface area contributed by atoms with Crippen LogP contribution >= 0.6 is 12.4 Å². The highest BCUT2D eigenvalue weighted by Crippen LogP contribution is 2.42. The van der Waals surface area contributed by atoms with Crippen molar-refractivity contribution in [2.45, 2.75) is 26.3 Å². The molecule has 0 atom stereocenters. The third kappa shape index (κ3) is 5.97. The summed E-state index contributed by atoms with van der Waals surface area (Å²) in [6.45, 7) is 1.70. The van der Waals surface area contributed by atoms with Crippen LogP contribution in [0.3, 0.4) is 0 Å². The molecule has 2 aromatic heterocycles. The van der Waals surface area contributed by atoms with Gasteiger partial charge in [-0.05, 0) is 45.3 Å². The summed E-state index contributed by atoms with van der Waals surface area (Å²) < 4.78 is 53.4. The van der Waals surface area contributed by atoms with Gasteiger partial charge in [0.25, 0.3) is 0 Å². The lowest BCUT2D eigenvalue weighted by Crippen LogP contribution is -2.14. The molecular weight excluding hydrogens is 535 g/mol. The lowest BCUT2D eigenvalue weighted by atomic mass is 9.96. The number of phenols is 1. The Morgan fingerprint density at radius 2 is 1.87 bits per heavy atom. The molecular formula is C28H29ClF3N3O4. The number of esters is 1. The van der Waals surface area contributed by atoms with Gasteiger partial charge in [-0.25, -0.2) is 4.79 Å². The Hall–Kier alpha value is -3.76. The van der Waals surface area contributed by atoms with Crippen molar-refractivity contribution >= 4 is 29.3 Å². The number of aryl methyl sites for hydroxylation is 1. The lowest BCUT2D eigenvalue weighted by molar-refractivity contribution is -0.139. The van der Waals surface area contributed by atoms with Crippen molar-refractivity contribution < 1.29 is 32.5 Å². The number of aromatic hydroxyl groups is 1. The first-order valence-corrected chi connectivity index (χ1v) is 11.9. The minimum Gasteiger partial charge on any atom is -0.507 e. The highest BCUT2D eigenvalue weighted by atomic mass is 35.5. The number of fused-ring (bicyclic) bond motifs is 1. The Bertz CT molecular complexity index is 1470. The Labute approximate surface area is 230 Å². The van der Waals surface area contributed by atoms with Crippen molar-refractivity contribution in [3.63, 3.8) is 0 Å². The smallest absolute Gasteiger partial charge is 0.419 e. The highest BCUT2D eigenvalue weighted by molar-refractivity contribution is 6.09. The van der Waals surface area contributed by atoms with Crippen LogP contribution in [0.4, 0.5) is 13.2 Å². The first kappa shape index (κ1) is 29.8. The number of para-hydroxylation sites is 1. The van der Waals surface area contributed by atoms with Crippen LogP contribution in [0, 0.1) is 0 Å². The summed E-state index contributed by atoms with van der Waals surface area (Å²) in [6, 6.07) is 10.2. The van der Waals surface area contributed by atoms with Crippen LogP contribution in [0.25, 0.3) is 22.0 Å². The number of hydrogen-bond acceptors (Lipinski definition) is 6. The molecule has 0 saturated carbocycles. The second kappa shape index (κ2) is 12.0. The predicted octanol–water partition coefficient (Wildman–Crippen LogP) is 6.20. The van der Waals surface area contributed by atoms with Crippen molar-refractivity contribution in [1.29, 1.82) is 0 Å². The van der Waals surface area contributed by atoms with E-state index in [2.05, 4.69) is 4.98 Å². The second-order valence-electron chi connectivity index (χ2n) is 9.01. The van der Waals surface area contributed by atoms with Crippen molar-refractivity contribution in [2.75, 3.05) is 20.7 Å². The summed E-state index contributed by atoms with van der Waals surface area (Å²) in [6.07, 6.45) is -1.37. The van der Waals surface area contributed by atoms with E-state index < -0.39 is 17.7 Å². The van der Waals surface area contributed by atoms with E-state index in [1.54, 1.807) is 49.1 Å². The lowest BCUT2D eigenvalue weighted by Gasteiger charge is -2.17. The maximum absolute atomic E-state index is 13.6.